The van der Waals surface area contributed by atoms with Gasteiger partial charge in [0.25, 0.3) is 0 Å². The highest BCUT2D eigenvalue weighted by Gasteiger charge is 2.22. The van der Waals surface area contributed by atoms with E-state index >= 15 is 0 Å². The third-order valence-corrected chi connectivity index (χ3v) is 5.49. The van der Waals surface area contributed by atoms with Crippen LogP contribution < -0.4 is 20.9 Å². The molecular formula is C22H25ClN6. The Morgan fingerprint density at radius 2 is 1.72 bits per heavy atom. The molecule has 4 rings (SSSR count). The average Bonchev–Trinajstić information content (AvgIpc) is 2.72. The molecule has 3 aromatic rings. The second-order valence-electron chi connectivity index (χ2n) is 7.36. The third kappa shape index (κ3) is 4.22. The number of nitrogen functional groups attached to an aromatic ring is 1. The summed E-state index contributed by atoms with van der Waals surface area (Å²) in [6, 6.07) is 14.2. The molecule has 2 aromatic carbocycles. The molecule has 0 aliphatic carbocycles. The number of benzene rings is 2. The van der Waals surface area contributed by atoms with Crippen molar-refractivity contribution in [1.82, 2.24) is 9.97 Å². The maximum atomic E-state index is 6.45. The Labute approximate surface area is 176 Å². The van der Waals surface area contributed by atoms with Crippen LogP contribution in [0.5, 0.6) is 0 Å². The Morgan fingerprint density at radius 3 is 2.45 bits per heavy atom. The summed E-state index contributed by atoms with van der Waals surface area (Å²) in [4.78, 5) is 13.4. The molecule has 0 atom stereocenters. The molecule has 0 spiro atoms. The number of piperazine rings is 1. The highest BCUT2D eigenvalue weighted by molar-refractivity contribution is 6.30. The molecule has 2 heterocycles. The maximum absolute atomic E-state index is 6.45. The monoisotopic (exact) mass is 408 g/mol. The smallest absolute Gasteiger partial charge is 0.159 e. The lowest BCUT2D eigenvalue weighted by Crippen LogP contribution is -2.47. The van der Waals surface area contributed by atoms with E-state index in [1.54, 1.807) is 6.33 Å². The van der Waals surface area contributed by atoms with Crippen LogP contribution in [0.15, 0.2) is 48.8 Å². The Balaban J connectivity index is 1.49. The fourth-order valence-corrected chi connectivity index (χ4v) is 3.85. The Hall–Kier alpha value is -2.99. The van der Waals surface area contributed by atoms with E-state index in [2.05, 4.69) is 63.2 Å². The molecule has 150 valence electrons. The first kappa shape index (κ1) is 19.3. The summed E-state index contributed by atoms with van der Waals surface area (Å²) in [7, 11) is 0. The van der Waals surface area contributed by atoms with Crippen molar-refractivity contribution in [3.63, 3.8) is 0 Å². The fourth-order valence-electron chi connectivity index (χ4n) is 3.67. The Kier molecular flexibility index (Phi) is 5.45. The van der Waals surface area contributed by atoms with Crippen LogP contribution >= 0.6 is 11.6 Å². The molecule has 0 bridgehead atoms. The molecule has 0 saturated carbocycles. The van der Waals surface area contributed by atoms with Crippen molar-refractivity contribution in [2.24, 2.45) is 0 Å². The van der Waals surface area contributed by atoms with Gasteiger partial charge in [-0.05, 0) is 43.7 Å². The Bertz CT molecular complexity index is 1010. The first-order chi connectivity index (χ1) is 14.0. The number of aromatic nitrogens is 2. The number of anilines is 5. The van der Waals surface area contributed by atoms with E-state index in [0.717, 1.165) is 54.0 Å². The van der Waals surface area contributed by atoms with Gasteiger partial charge in [-0.25, -0.2) is 9.97 Å². The number of rotatable bonds is 4. The SMILES string of the molecule is Cc1ccc(Nc2ncnc(N3CCN(c4cccc(Cl)c4)CC3)c2N)c(C)c1. The van der Waals surface area contributed by atoms with E-state index in [-0.39, 0.29) is 0 Å². The van der Waals surface area contributed by atoms with Crippen LogP contribution in [0.4, 0.5) is 28.7 Å². The van der Waals surface area contributed by atoms with E-state index in [1.165, 1.54) is 5.56 Å². The predicted octanol–water partition coefficient (Wildman–Crippen LogP) is 4.40. The topological polar surface area (TPSA) is 70.3 Å². The summed E-state index contributed by atoms with van der Waals surface area (Å²) < 4.78 is 0. The molecule has 7 heteroatoms. The zero-order valence-electron chi connectivity index (χ0n) is 16.7. The molecule has 29 heavy (non-hydrogen) atoms. The standard InChI is InChI=1S/C22H25ClN6/c1-15-6-7-19(16(2)12-15)27-21-20(24)22(26-14-25-21)29-10-8-28(9-11-29)18-5-3-4-17(23)13-18/h3-7,12-14H,8-11,24H2,1-2H3,(H,25,26,27). The van der Waals surface area contributed by atoms with Gasteiger partial charge in [0.15, 0.2) is 11.6 Å². The van der Waals surface area contributed by atoms with Gasteiger partial charge in [-0.15, -0.1) is 0 Å². The molecule has 1 saturated heterocycles. The molecule has 1 fully saturated rings. The minimum absolute atomic E-state index is 0.573. The van der Waals surface area contributed by atoms with Gasteiger partial charge >= 0.3 is 0 Å². The van der Waals surface area contributed by atoms with Gasteiger partial charge in [0, 0.05) is 42.6 Å². The van der Waals surface area contributed by atoms with Gasteiger partial charge in [0.05, 0.1) is 0 Å². The Morgan fingerprint density at radius 1 is 0.966 bits per heavy atom. The molecule has 1 aliphatic heterocycles. The summed E-state index contributed by atoms with van der Waals surface area (Å²) in [6.07, 6.45) is 1.57. The molecule has 3 N–H and O–H groups in total. The molecule has 0 radical (unpaired) electrons. The van der Waals surface area contributed by atoms with Gasteiger partial charge in [0.1, 0.15) is 12.0 Å². The summed E-state index contributed by atoms with van der Waals surface area (Å²) in [6.45, 7) is 7.57. The van der Waals surface area contributed by atoms with E-state index in [1.807, 2.05) is 18.2 Å². The summed E-state index contributed by atoms with van der Waals surface area (Å²) in [5, 5.41) is 4.12. The van der Waals surface area contributed by atoms with Crippen LogP contribution in [0.3, 0.4) is 0 Å². The van der Waals surface area contributed by atoms with Crippen molar-refractivity contribution in [2.45, 2.75) is 13.8 Å². The van der Waals surface area contributed by atoms with E-state index in [4.69, 9.17) is 17.3 Å². The number of halogens is 1. The van der Waals surface area contributed by atoms with Crippen LogP contribution in [0, 0.1) is 13.8 Å². The highest BCUT2D eigenvalue weighted by atomic mass is 35.5. The molecule has 1 aliphatic rings. The molecule has 6 nitrogen and oxygen atoms in total. The molecular weight excluding hydrogens is 384 g/mol. The van der Waals surface area contributed by atoms with E-state index in [0.29, 0.717) is 11.5 Å². The predicted molar refractivity (Wildman–Crippen MR) is 122 cm³/mol. The second kappa shape index (κ2) is 8.17. The quantitative estimate of drug-likeness (QED) is 0.666. The van der Waals surface area contributed by atoms with Gasteiger partial charge in [-0.1, -0.05) is 35.4 Å². The van der Waals surface area contributed by atoms with Crippen molar-refractivity contribution in [1.29, 1.82) is 0 Å². The van der Waals surface area contributed by atoms with Crippen molar-refractivity contribution < 1.29 is 0 Å². The van der Waals surface area contributed by atoms with Crippen molar-refractivity contribution in [2.75, 3.05) is 47.0 Å². The van der Waals surface area contributed by atoms with Gasteiger partial charge < -0.3 is 20.9 Å². The normalized spacial score (nSPS) is 14.2. The number of nitrogens with two attached hydrogens (primary N) is 1. The molecule has 1 aromatic heterocycles. The molecule has 0 amide bonds. The fraction of sp³-hybridized carbons (Fsp3) is 0.273. The maximum Gasteiger partial charge on any atom is 0.159 e. The van der Waals surface area contributed by atoms with E-state index < -0.39 is 0 Å². The number of nitrogens with zero attached hydrogens (tertiary/aromatic N) is 4. The van der Waals surface area contributed by atoms with Crippen LogP contribution in [0.2, 0.25) is 5.02 Å². The number of nitrogens with one attached hydrogen (secondary N) is 1. The lowest BCUT2D eigenvalue weighted by Gasteiger charge is -2.37. The minimum atomic E-state index is 0.573. The lowest BCUT2D eigenvalue weighted by molar-refractivity contribution is 0.647. The van der Waals surface area contributed by atoms with Gasteiger partial charge in [0.2, 0.25) is 0 Å². The summed E-state index contributed by atoms with van der Waals surface area (Å²) in [5.74, 6) is 1.41. The van der Waals surface area contributed by atoms with Crippen molar-refractivity contribution in [3.8, 4) is 0 Å². The van der Waals surface area contributed by atoms with Crippen LogP contribution in [-0.4, -0.2) is 36.1 Å². The lowest BCUT2D eigenvalue weighted by atomic mass is 10.1. The average molecular weight is 409 g/mol. The highest BCUT2D eigenvalue weighted by Crippen LogP contribution is 2.31. The van der Waals surface area contributed by atoms with Crippen LogP contribution in [0.1, 0.15) is 11.1 Å². The third-order valence-electron chi connectivity index (χ3n) is 5.25. The first-order valence-corrected chi connectivity index (χ1v) is 10.1. The second-order valence-corrected chi connectivity index (χ2v) is 7.79. The van der Waals surface area contributed by atoms with Gasteiger partial charge in [-0.2, -0.15) is 0 Å². The summed E-state index contributed by atoms with van der Waals surface area (Å²) in [5.41, 5.74) is 11.5. The zero-order chi connectivity index (χ0) is 20.4. The van der Waals surface area contributed by atoms with Crippen molar-refractivity contribution >= 4 is 40.3 Å². The number of aryl methyl sites for hydroxylation is 2. The van der Waals surface area contributed by atoms with E-state index in [9.17, 15) is 0 Å². The van der Waals surface area contributed by atoms with Crippen LogP contribution in [0.25, 0.3) is 0 Å². The first-order valence-electron chi connectivity index (χ1n) is 9.71. The zero-order valence-corrected chi connectivity index (χ0v) is 17.4. The van der Waals surface area contributed by atoms with Gasteiger partial charge in [-0.3, -0.25) is 0 Å². The van der Waals surface area contributed by atoms with Crippen LogP contribution in [-0.2, 0) is 0 Å². The number of hydrogen-bond acceptors (Lipinski definition) is 6. The minimum Gasteiger partial charge on any atom is -0.393 e. The molecule has 0 unspecified atom stereocenters. The van der Waals surface area contributed by atoms with Crippen molar-refractivity contribution in [3.05, 3.63) is 64.9 Å². The number of hydrogen-bond donors (Lipinski definition) is 2. The largest absolute Gasteiger partial charge is 0.393 e. The summed E-state index contributed by atoms with van der Waals surface area (Å²) >= 11 is 6.14.